The van der Waals surface area contributed by atoms with Crippen LogP contribution in [0.5, 0.6) is 0 Å². The van der Waals surface area contributed by atoms with Crippen LogP contribution in [0.15, 0.2) is 18.5 Å². The maximum atomic E-state index is 11.9. The summed E-state index contributed by atoms with van der Waals surface area (Å²) in [6.07, 6.45) is -0.390. The minimum atomic E-state index is -2.68. The van der Waals surface area contributed by atoms with Gasteiger partial charge in [0.1, 0.15) is 6.10 Å². The van der Waals surface area contributed by atoms with Crippen molar-refractivity contribution in [2.75, 3.05) is 6.54 Å². The molecule has 0 aliphatic heterocycles. The number of aliphatic hydroxyl groups is 1. The van der Waals surface area contributed by atoms with Crippen molar-refractivity contribution in [1.82, 2.24) is 9.88 Å². The SMILES string of the molecule is CCn1ccc(CNCC(O)C(F)F)c1. The third kappa shape index (κ3) is 3.97. The lowest BCUT2D eigenvalue weighted by atomic mass is 10.3. The number of halogens is 2. The summed E-state index contributed by atoms with van der Waals surface area (Å²) in [6.45, 7) is 3.32. The minimum absolute atomic E-state index is 0.0883. The smallest absolute Gasteiger partial charge is 0.265 e. The first kappa shape index (κ1) is 12.1. The summed E-state index contributed by atoms with van der Waals surface area (Å²) < 4.78 is 25.8. The number of aliphatic hydroxyl groups excluding tert-OH is 1. The largest absolute Gasteiger partial charge is 0.386 e. The average molecular weight is 218 g/mol. The second-order valence-corrected chi connectivity index (χ2v) is 3.38. The van der Waals surface area contributed by atoms with Crippen LogP contribution in [-0.2, 0) is 13.1 Å². The molecule has 5 heteroatoms. The minimum Gasteiger partial charge on any atom is -0.386 e. The molecule has 0 spiro atoms. The van der Waals surface area contributed by atoms with Crippen molar-refractivity contribution < 1.29 is 13.9 Å². The second-order valence-electron chi connectivity index (χ2n) is 3.38. The number of hydrogen-bond donors (Lipinski definition) is 2. The standard InChI is InChI=1S/C10H16F2N2O/c1-2-14-4-3-8(7-14)5-13-6-9(15)10(11)12/h3-4,7,9-10,13,15H,2,5-6H2,1H3. The fourth-order valence-corrected chi connectivity index (χ4v) is 1.25. The Bertz CT molecular complexity index is 289. The molecule has 2 N–H and O–H groups in total. The lowest BCUT2D eigenvalue weighted by molar-refractivity contribution is -0.00340. The second kappa shape index (κ2) is 5.82. The van der Waals surface area contributed by atoms with Gasteiger partial charge in [-0.05, 0) is 18.6 Å². The maximum absolute atomic E-state index is 11.9. The molecule has 0 aliphatic rings. The predicted molar refractivity (Wildman–Crippen MR) is 53.8 cm³/mol. The van der Waals surface area contributed by atoms with Gasteiger partial charge in [-0.25, -0.2) is 8.78 Å². The molecule has 0 fully saturated rings. The Morgan fingerprint density at radius 1 is 1.53 bits per heavy atom. The molecule has 0 aromatic carbocycles. The van der Waals surface area contributed by atoms with E-state index < -0.39 is 12.5 Å². The Kier molecular flexibility index (Phi) is 4.71. The van der Waals surface area contributed by atoms with Gasteiger partial charge in [-0.1, -0.05) is 0 Å². The molecule has 0 amide bonds. The van der Waals surface area contributed by atoms with Gasteiger partial charge in [0.15, 0.2) is 0 Å². The zero-order valence-electron chi connectivity index (χ0n) is 8.66. The van der Waals surface area contributed by atoms with Crippen LogP contribution in [0.25, 0.3) is 0 Å². The number of nitrogens with zero attached hydrogens (tertiary/aromatic N) is 1. The van der Waals surface area contributed by atoms with E-state index in [4.69, 9.17) is 5.11 Å². The molecule has 15 heavy (non-hydrogen) atoms. The zero-order valence-corrected chi connectivity index (χ0v) is 8.66. The summed E-state index contributed by atoms with van der Waals surface area (Å²) in [6, 6.07) is 1.92. The van der Waals surface area contributed by atoms with E-state index in [9.17, 15) is 8.78 Å². The quantitative estimate of drug-likeness (QED) is 0.753. The van der Waals surface area contributed by atoms with E-state index in [1.807, 2.05) is 30.0 Å². The molecule has 0 saturated heterocycles. The fraction of sp³-hybridized carbons (Fsp3) is 0.600. The summed E-state index contributed by atoms with van der Waals surface area (Å²) in [4.78, 5) is 0. The molecule has 0 aliphatic carbocycles. The molecule has 1 heterocycles. The maximum Gasteiger partial charge on any atom is 0.265 e. The van der Waals surface area contributed by atoms with Crippen LogP contribution in [-0.4, -0.2) is 28.7 Å². The lowest BCUT2D eigenvalue weighted by Crippen LogP contribution is -2.31. The number of aromatic nitrogens is 1. The molecule has 1 aromatic heterocycles. The van der Waals surface area contributed by atoms with Gasteiger partial charge < -0.3 is 15.0 Å². The third-order valence-corrected chi connectivity index (χ3v) is 2.15. The number of alkyl halides is 2. The van der Waals surface area contributed by atoms with Crippen molar-refractivity contribution in [1.29, 1.82) is 0 Å². The van der Waals surface area contributed by atoms with Crippen LogP contribution >= 0.6 is 0 Å². The number of rotatable bonds is 6. The first-order valence-electron chi connectivity index (χ1n) is 4.95. The van der Waals surface area contributed by atoms with Crippen molar-refractivity contribution in [3.63, 3.8) is 0 Å². The highest BCUT2D eigenvalue weighted by Crippen LogP contribution is 2.02. The lowest BCUT2D eigenvalue weighted by Gasteiger charge is -2.09. The van der Waals surface area contributed by atoms with Crippen LogP contribution in [0.3, 0.4) is 0 Å². The van der Waals surface area contributed by atoms with Gasteiger partial charge in [0.2, 0.25) is 0 Å². The Labute approximate surface area is 87.7 Å². The van der Waals surface area contributed by atoms with Crippen molar-refractivity contribution in [2.45, 2.75) is 32.5 Å². The molecule has 0 saturated carbocycles. The molecule has 1 rings (SSSR count). The van der Waals surface area contributed by atoms with Crippen LogP contribution in [0.1, 0.15) is 12.5 Å². The first-order valence-corrected chi connectivity index (χ1v) is 4.95. The average Bonchev–Trinajstić information content (AvgIpc) is 2.65. The van der Waals surface area contributed by atoms with Crippen molar-refractivity contribution in [3.8, 4) is 0 Å². The Hall–Kier alpha value is -0.940. The van der Waals surface area contributed by atoms with Gasteiger partial charge in [0, 0.05) is 32.0 Å². The normalized spacial score (nSPS) is 13.4. The summed E-state index contributed by atoms with van der Waals surface area (Å²) in [7, 11) is 0. The molecule has 1 atom stereocenters. The van der Waals surface area contributed by atoms with E-state index in [-0.39, 0.29) is 6.54 Å². The van der Waals surface area contributed by atoms with Crippen LogP contribution in [0.2, 0.25) is 0 Å². The Morgan fingerprint density at radius 2 is 2.27 bits per heavy atom. The van der Waals surface area contributed by atoms with E-state index >= 15 is 0 Å². The van der Waals surface area contributed by atoms with Crippen molar-refractivity contribution in [2.24, 2.45) is 0 Å². The zero-order chi connectivity index (χ0) is 11.3. The summed E-state index contributed by atoms with van der Waals surface area (Å²) in [5.41, 5.74) is 1.03. The van der Waals surface area contributed by atoms with Crippen molar-refractivity contribution >= 4 is 0 Å². The molecular formula is C10H16F2N2O. The molecular weight excluding hydrogens is 202 g/mol. The third-order valence-electron chi connectivity index (χ3n) is 2.15. The van der Waals surface area contributed by atoms with E-state index in [0.717, 1.165) is 12.1 Å². The molecule has 1 unspecified atom stereocenters. The van der Waals surface area contributed by atoms with E-state index in [0.29, 0.717) is 6.54 Å². The molecule has 0 radical (unpaired) electrons. The first-order chi connectivity index (χ1) is 7.13. The van der Waals surface area contributed by atoms with E-state index in [1.165, 1.54) is 0 Å². The number of nitrogens with one attached hydrogen (secondary N) is 1. The highest BCUT2D eigenvalue weighted by molar-refractivity contribution is 5.09. The van der Waals surface area contributed by atoms with Gasteiger partial charge in [0.25, 0.3) is 6.43 Å². The van der Waals surface area contributed by atoms with Crippen molar-refractivity contribution in [3.05, 3.63) is 24.0 Å². The molecule has 1 aromatic rings. The van der Waals surface area contributed by atoms with Crippen LogP contribution in [0.4, 0.5) is 8.78 Å². The summed E-state index contributed by atoms with van der Waals surface area (Å²) >= 11 is 0. The van der Waals surface area contributed by atoms with Crippen LogP contribution < -0.4 is 5.32 Å². The van der Waals surface area contributed by atoms with Gasteiger partial charge >= 0.3 is 0 Å². The predicted octanol–water partition coefficient (Wildman–Crippen LogP) is 1.22. The van der Waals surface area contributed by atoms with E-state index in [1.54, 1.807) is 0 Å². The fourth-order valence-electron chi connectivity index (χ4n) is 1.25. The number of aryl methyl sites for hydroxylation is 1. The monoisotopic (exact) mass is 218 g/mol. The van der Waals surface area contributed by atoms with Crippen LogP contribution in [0, 0.1) is 0 Å². The highest BCUT2D eigenvalue weighted by Gasteiger charge is 2.15. The van der Waals surface area contributed by atoms with Gasteiger partial charge in [-0.15, -0.1) is 0 Å². The number of hydrogen-bond acceptors (Lipinski definition) is 2. The topological polar surface area (TPSA) is 37.2 Å². The molecule has 0 bridgehead atoms. The Balaban J connectivity index is 2.25. The van der Waals surface area contributed by atoms with Gasteiger partial charge in [-0.2, -0.15) is 0 Å². The Morgan fingerprint density at radius 3 is 2.80 bits per heavy atom. The molecule has 86 valence electrons. The van der Waals surface area contributed by atoms with Gasteiger partial charge in [-0.3, -0.25) is 0 Å². The van der Waals surface area contributed by atoms with E-state index in [2.05, 4.69) is 5.32 Å². The van der Waals surface area contributed by atoms with Gasteiger partial charge in [0.05, 0.1) is 0 Å². The molecule has 3 nitrogen and oxygen atoms in total. The summed E-state index contributed by atoms with van der Waals surface area (Å²) in [5.74, 6) is 0. The highest BCUT2D eigenvalue weighted by atomic mass is 19.3. The summed E-state index contributed by atoms with van der Waals surface area (Å²) in [5, 5.41) is 11.6.